The first-order valence-corrected chi connectivity index (χ1v) is 16.9. The van der Waals surface area contributed by atoms with Gasteiger partial charge < -0.3 is 25.8 Å². The van der Waals surface area contributed by atoms with E-state index in [2.05, 4.69) is 25.9 Å². The highest BCUT2D eigenvalue weighted by Crippen LogP contribution is 2.32. The molecule has 5 amide bonds. The number of hydrogen-bond donors (Lipinski definition) is 3. The maximum absolute atomic E-state index is 15.8. The first-order valence-electron chi connectivity index (χ1n) is 16.9. The van der Waals surface area contributed by atoms with Crippen LogP contribution >= 0.6 is 0 Å². The van der Waals surface area contributed by atoms with Gasteiger partial charge in [-0.2, -0.15) is 5.10 Å². The van der Waals surface area contributed by atoms with Crippen LogP contribution in [0, 0.1) is 11.7 Å². The third kappa shape index (κ3) is 9.09. The van der Waals surface area contributed by atoms with Crippen LogP contribution in [0.5, 0.6) is 0 Å². The maximum Gasteiger partial charge on any atom is 0.315 e. The number of benzene rings is 1. The number of halogens is 1. The molecule has 2 aliphatic rings. The van der Waals surface area contributed by atoms with Crippen molar-refractivity contribution >= 4 is 35.8 Å². The summed E-state index contributed by atoms with van der Waals surface area (Å²) in [7, 11) is 1.99. The highest BCUT2D eigenvalue weighted by atomic mass is 19.1. The Morgan fingerprint density at radius 1 is 1.02 bits per heavy atom. The van der Waals surface area contributed by atoms with Gasteiger partial charge in [-0.3, -0.25) is 19.3 Å². The number of amides is 5. The molecule has 47 heavy (non-hydrogen) atoms. The van der Waals surface area contributed by atoms with Crippen LogP contribution in [0.15, 0.2) is 30.5 Å². The molecule has 2 aromatic rings. The van der Waals surface area contributed by atoms with E-state index in [-0.39, 0.29) is 23.6 Å². The number of anilines is 2. The number of likely N-dealkylation sites (N-methyl/N-ethyl adjacent to an activating group) is 1. The van der Waals surface area contributed by atoms with E-state index < -0.39 is 35.8 Å². The zero-order chi connectivity index (χ0) is 34.1. The Labute approximate surface area is 277 Å². The number of urea groups is 1. The van der Waals surface area contributed by atoms with Crippen molar-refractivity contribution < 1.29 is 23.6 Å². The lowest BCUT2D eigenvalue weighted by Gasteiger charge is -2.36. The minimum Gasteiger partial charge on any atom is -0.338 e. The fourth-order valence-electron chi connectivity index (χ4n) is 6.63. The number of carbonyl (C=O) groups is 4. The summed E-state index contributed by atoms with van der Waals surface area (Å²) in [5, 5.41) is 12.7. The molecule has 1 aliphatic heterocycles. The van der Waals surface area contributed by atoms with Gasteiger partial charge in [0.05, 0.1) is 11.9 Å². The number of piperazine rings is 1. The first-order chi connectivity index (χ1) is 22.5. The predicted octanol–water partition coefficient (Wildman–Crippen LogP) is 3.94. The van der Waals surface area contributed by atoms with Crippen molar-refractivity contribution in [3.8, 4) is 0 Å². The van der Waals surface area contributed by atoms with Crippen molar-refractivity contribution in [2.24, 2.45) is 5.92 Å². The van der Waals surface area contributed by atoms with Crippen LogP contribution in [0.25, 0.3) is 0 Å². The number of hydrogen-bond acceptors (Lipinski definition) is 6. The molecule has 258 valence electrons. The lowest BCUT2D eigenvalue weighted by Crippen LogP contribution is -2.57. The molecule has 2 heterocycles. The second-order valence-corrected chi connectivity index (χ2v) is 13.1. The minimum absolute atomic E-state index is 0.0214. The normalized spacial score (nSPS) is 18.1. The Morgan fingerprint density at radius 2 is 1.70 bits per heavy atom. The summed E-state index contributed by atoms with van der Waals surface area (Å²) in [6.45, 7) is 10.4. The van der Waals surface area contributed by atoms with Crippen LogP contribution in [0.1, 0.15) is 77.7 Å². The molecule has 1 saturated carbocycles. The van der Waals surface area contributed by atoms with Gasteiger partial charge in [0, 0.05) is 50.7 Å². The molecule has 0 spiro atoms. The number of carbonyl (C=O) groups excluding carboxylic acids is 4. The van der Waals surface area contributed by atoms with Crippen molar-refractivity contribution in [1.29, 1.82) is 0 Å². The number of rotatable bonds is 12. The fourth-order valence-corrected chi connectivity index (χ4v) is 6.63. The molecule has 4 rings (SSSR count). The second kappa shape index (κ2) is 16.7. The van der Waals surface area contributed by atoms with E-state index in [1.54, 1.807) is 34.8 Å². The van der Waals surface area contributed by atoms with Gasteiger partial charge in [-0.05, 0) is 64.3 Å². The molecular formula is C34H51FN8O4. The van der Waals surface area contributed by atoms with Gasteiger partial charge >= 0.3 is 6.03 Å². The minimum atomic E-state index is -0.929. The molecule has 2 fully saturated rings. The van der Waals surface area contributed by atoms with E-state index in [9.17, 15) is 19.2 Å². The quantitative estimate of drug-likeness (QED) is 0.235. The van der Waals surface area contributed by atoms with Crippen LogP contribution in [0.3, 0.4) is 0 Å². The Hall–Kier alpha value is -4.00. The van der Waals surface area contributed by atoms with Crippen molar-refractivity contribution in [2.75, 3.05) is 43.4 Å². The molecule has 3 N–H and O–H groups in total. The maximum atomic E-state index is 15.8. The third-order valence-corrected chi connectivity index (χ3v) is 9.35. The molecule has 0 unspecified atom stereocenters. The van der Waals surface area contributed by atoms with Gasteiger partial charge in [-0.25, -0.2) is 13.9 Å². The van der Waals surface area contributed by atoms with E-state index in [1.165, 1.54) is 17.0 Å². The monoisotopic (exact) mass is 654 g/mol. The van der Waals surface area contributed by atoms with Crippen molar-refractivity contribution in [2.45, 2.75) is 96.8 Å². The Kier molecular flexibility index (Phi) is 12.7. The fraction of sp³-hybridized carbons (Fsp3) is 0.618. The molecule has 0 radical (unpaired) electrons. The van der Waals surface area contributed by atoms with Crippen LogP contribution in [0.4, 0.5) is 20.7 Å². The Bertz CT molecular complexity index is 1370. The SMILES string of the molecule is CCn1nccc1N(C=O)[C@H](C(=O)Nc1ccc([C@H](C)[C@@H](NC(=O)NC(C)C)C(=O)N2CCN(C)CC2)cc1F)C1CCCCCC1. The van der Waals surface area contributed by atoms with Gasteiger partial charge in [0.1, 0.15) is 23.7 Å². The molecule has 1 aliphatic carbocycles. The highest BCUT2D eigenvalue weighted by molar-refractivity contribution is 6.00. The third-order valence-electron chi connectivity index (χ3n) is 9.35. The van der Waals surface area contributed by atoms with E-state index in [4.69, 9.17) is 0 Å². The summed E-state index contributed by atoms with van der Waals surface area (Å²) < 4.78 is 17.5. The molecule has 12 nitrogen and oxygen atoms in total. The molecular weight excluding hydrogens is 603 g/mol. The number of nitrogens with zero attached hydrogens (tertiary/aromatic N) is 5. The molecule has 1 saturated heterocycles. The van der Waals surface area contributed by atoms with Gasteiger partial charge in [0.2, 0.25) is 18.2 Å². The number of aryl methyl sites for hydroxylation is 1. The van der Waals surface area contributed by atoms with Crippen LogP contribution in [0.2, 0.25) is 0 Å². The van der Waals surface area contributed by atoms with E-state index in [1.807, 2.05) is 27.8 Å². The number of nitrogens with one attached hydrogen (secondary N) is 3. The molecule has 1 aromatic carbocycles. The molecule has 3 atom stereocenters. The average molecular weight is 655 g/mol. The molecule has 13 heteroatoms. The van der Waals surface area contributed by atoms with E-state index in [0.717, 1.165) is 51.6 Å². The van der Waals surface area contributed by atoms with Crippen molar-refractivity contribution in [3.63, 3.8) is 0 Å². The van der Waals surface area contributed by atoms with Crippen molar-refractivity contribution in [1.82, 2.24) is 30.2 Å². The smallest absolute Gasteiger partial charge is 0.315 e. The predicted molar refractivity (Wildman–Crippen MR) is 180 cm³/mol. The van der Waals surface area contributed by atoms with Crippen LogP contribution < -0.4 is 20.9 Å². The average Bonchev–Trinajstić information content (AvgIpc) is 3.36. The summed E-state index contributed by atoms with van der Waals surface area (Å²) in [4.78, 5) is 58.3. The lowest BCUT2D eigenvalue weighted by atomic mass is 9.89. The lowest BCUT2D eigenvalue weighted by molar-refractivity contribution is -0.135. The largest absolute Gasteiger partial charge is 0.338 e. The van der Waals surface area contributed by atoms with E-state index in [0.29, 0.717) is 37.4 Å². The number of aromatic nitrogens is 2. The zero-order valence-corrected chi connectivity index (χ0v) is 28.4. The van der Waals surface area contributed by atoms with Gasteiger partial charge in [0.25, 0.3) is 0 Å². The first kappa shape index (κ1) is 35.8. The standard InChI is InChI=1S/C34H51FN8O4/c1-6-43-29(15-16-36-43)42(22-44)31(25-11-9-7-8-10-12-25)32(45)38-28-14-13-26(21-27(28)35)24(4)30(39-34(47)37-23(2)3)33(46)41-19-17-40(5)18-20-41/h13-16,21-25,30-31H,6-12,17-20H2,1-5H3,(H,38,45)(H2,37,39,47)/t24-,30+,31-/m0/s1. The van der Waals surface area contributed by atoms with Crippen LogP contribution in [-0.2, 0) is 20.9 Å². The summed E-state index contributed by atoms with van der Waals surface area (Å²) in [6, 6.07) is 3.77. The summed E-state index contributed by atoms with van der Waals surface area (Å²) in [5.74, 6) is -1.53. The molecule has 1 aromatic heterocycles. The summed E-state index contributed by atoms with van der Waals surface area (Å²) in [6.07, 6.45) is 7.86. The van der Waals surface area contributed by atoms with Gasteiger partial charge in [-0.15, -0.1) is 0 Å². The topological polar surface area (TPSA) is 132 Å². The second-order valence-electron chi connectivity index (χ2n) is 13.1. The molecule has 0 bridgehead atoms. The van der Waals surface area contributed by atoms with Crippen LogP contribution in [-0.4, -0.2) is 95.2 Å². The van der Waals surface area contributed by atoms with Crippen molar-refractivity contribution in [3.05, 3.63) is 41.8 Å². The Morgan fingerprint density at radius 3 is 2.30 bits per heavy atom. The summed E-state index contributed by atoms with van der Waals surface area (Å²) >= 11 is 0. The highest BCUT2D eigenvalue weighted by Gasteiger charge is 2.37. The van der Waals surface area contributed by atoms with E-state index >= 15 is 4.39 Å². The zero-order valence-electron chi connectivity index (χ0n) is 28.4. The summed E-state index contributed by atoms with van der Waals surface area (Å²) in [5.41, 5.74) is 0.478. The Balaban J connectivity index is 1.58. The van der Waals surface area contributed by atoms with Gasteiger partial charge in [-0.1, -0.05) is 38.7 Å². The van der Waals surface area contributed by atoms with Gasteiger partial charge in [0.15, 0.2) is 0 Å².